The molecule has 4 aromatic rings. The van der Waals surface area contributed by atoms with Crippen LogP contribution in [-0.4, -0.2) is 17.7 Å². The number of phenols is 1. The van der Waals surface area contributed by atoms with Gasteiger partial charge < -0.3 is 18.7 Å². The molecule has 4 rings (SSSR count). The summed E-state index contributed by atoms with van der Waals surface area (Å²) in [5.74, 6) is -0.477. The van der Waals surface area contributed by atoms with E-state index in [0.29, 0.717) is 27.5 Å². The molecule has 0 aliphatic heterocycles. The van der Waals surface area contributed by atoms with Crippen LogP contribution in [0.2, 0.25) is 0 Å². The molecule has 0 saturated carbocycles. The number of esters is 1. The number of fused-ring (bicyclic) bond motifs is 5. The van der Waals surface area contributed by atoms with E-state index in [0.717, 1.165) is 0 Å². The van der Waals surface area contributed by atoms with Crippen LogP contribution >= 0.6 is 0 Å². The summed E-state index contributed by atoms with van der Waals surface area (Å²) in [5, 5.41) is 10.8. The van der Waals surface area contributed by atoms with E-state index in [2.05, 4.69) is 0 Å². The van der Waals surface area contributed by atoms with Crippen molar-refractivity contribution in [3.63, 3.8) is 0 Å². The minimum Gasteiger partial charge on any atom is -0.508 e. The average Bonchev–Trinajstić information content (AvgIpc) is 2.94. The van der Waals surface area contributed by atoms with Gasteiger partial charge in [0.25, 0.3) is 0 Å². The van der Waals surface area contributed by atoms with Crippen molar-refractivity contribution in [3.05, 3.63) is 52.4 Å². The number of benzene rings is 2. The van der Waals surface area contributed by atoms with Crippen molar-refractivity contribution < 1.29 is 23.5 Å². The lowest BCUT2D eigenvalue weighted by Crippen LogP contribution is -2.04. The third-order valence-electron chi connectivity index (χ3n) is 3.82. The fourth-order valence-electron chi connectivity index (χ4n) is 2.77. The summed E-state index contributed by atoms with van der Waals surface area (Å²) in [6.07, 6.45) is 0. The van der Waals surface area contributed by atoms with Crippen LogP contribution in [0.5, 0.6) is 5.75 Å². The second-order valence-electron chi connectivity index (χ2n) is 5.31. The van der Waals surface area contributed by atoms with E-state index < -0.39 is 11.6 Å². The van der Waals surface area contributed by atoms with Crippen LogP contribution in [0.15, 0.2) is 50.0 Å². The van der Waals surface area contributed by atoms with Crippen LogP contribution in [0, 0.1) is 0 Å². The molecule has 6 nitrogen and oxygen atoms in total. The number of aromatic hydroxyl groups is 1. The lowest BCUT2D eigenvalue weighted by atomic mass is 10.1. The van der Waals surface area contributed by atoms with Crippen LogP contribution < -0.4 is 5.63 Å². The molecule has 1 N–H and O–H groups in total. The molecule has 0 spiro atoms. The first-order chi connectivity index (χ1) is 11.6. The van der Waals surface area contributed by atoms with Gasteiger partial charge in [0.1, 0.15) is 22.3 Å². The zero-order valence-electron chi connectivity index (χ0n) is 12.7. The summed E-state index contributed by atoms with van der Waals surface area (Å²) in [7, 11) is 0. The van der Waals surface area contributed by atoms with Crippen molar-refractivity contribution in [3.8, 4) is 5.75 Å². The van der Waals surface area contributed by atoms with Crippen LogP contribution in [0.25, 0.3) is 32.9 Å². The highest BCUT2D eigenvalue weighted by Gasteiger charge is 2.18. The van der Waals surface area contributed by atoms with Crippen molar-refractivity contribution >= 4 is 38.9 Å². The number of hydrogen-bond acceptors (Lipinski definition) is 6. The standard InChI is InChI=1S/C18H12O6/c1-2-22-17(20)9-3-6-13-12(7-9)15-16(23-13)11-5-4-10(19)8-14(11)24-18(15)21/h3-8,19H,2H2,1H3. The van der Waals surface area contributed by atoms with Crippen LogP contribution in [0.1, 0.15) is 17.3 Å². The molecule has 0 aliphatic carbocycles. The van der Waals surface area contributed by atoms with E-state index in [1.807, 2.05) is 0 Å². The molecule has 0 saturated heterocycles. The molecule has 6 heteroatoms. The lowest BCUT2D eigenvalue weighted by molar-refractivity contribution is 0.0526. The highest BCUT2D eigenvalue weighted by molar-refractivity contribution is 6.14. The summed E-state index contributed by atoms with van der Waals surface area (Å²) >= 11 is 0. The second-order valence-corrected chi connectivity index (χ2v) is 5.31. The Hall–Kier alpha value is -3.28. The molecule has 0 aliphatic rings. The maximum Gasteiger partial charge on any atom is 0.348 e. The summed E-state index contributed by atoms with van der Waals surface area (Å²) in [6, 6.07) is 9.21. The molecule has 2 heterocycles. The summed E-state index contributed by atoms with van der Waals surface area (Å²) in [4.78, 5) is 24.3. The predicted molar refractivity (Wildman–Crippen MR) is 87.4 cm³/mol. The number of phenolic OH excluding ortho intramolecular Hbond substituents is 1. The summed E-state index contributed by atoms with van der Waals surface area (Å²) in [6.45, 7) is 1.99. The van der Waals surface area contributed by atoms with Gasteiger partial charge >= 0.3 is 11.6 Å². The molecule has 0 amide bonds. The predicted octanol–water partition coefficient (Wildman–Crippen LogP) is 3.57. The van der Waals surface area contributed by atoms with Crippen LogP contribution in [0.4, 0.5) is 0 Å². The number of carbonyl (C=O) groups is 1. The van der Waals surface area contributed by atoms with Gasteiger partial charge in [-0.2, -0.15) is 0 Å². The Bertz CT molecular complexity index is 1160. The number of hydrogen-bond donors (Lipinski definition) is 1. The highest BCUT2D eigenvalue weighted by atomic mass is 16.5. The minimum atomic E-state index is -0.595. The van der Waals surface area contributed by atoms with Crippen molar-refractivity contribution in [2.75, 3.05) is 6.61 Å². The molecule has 0 fully saturated rings. The highest BCUT2D eigenvalue weighted by Crippen LogP contribution is 2.33. The van der Waals surface area contributed by atoms with Gasteiger partial charge in [0.15, 0.2) is 5.58 Å². The van der Waals surface area contributed by atoms with E-state index in [-0.39, 0.29) is 23.3 Å². The number of rotatable bonds is 2. The third kappa shape index (κ3) is 2.04. The van der Waals surface area contributed by atoms with E-state index in [1.54, 1.807) is 31.2 Å². The Kier molecular flexibility index (Phi) is 3.06. The van der Waals surface area contributed by atoms with Gasteiger partial charge in [0, 0.05) is 11.5 Å². The molecule has 0 bridgehead atoms. The lowest BCUT2D eigenvalue weighted by Gasteiger charge is -2.01. The van der Waals surface area contributed by atoms with E-state index in [4.69, 9.17) is 13.6 Å². The zero-order valence-corrected chi connectivity index (χ0v) is 12.7. The van der Waals surface area contributed by atoms with Gasteiger partial charge in [-0.15, -0.1) is 0 Å². The Morgan fingerprint density at radius 1 is 1.08 bits per heavy atom. The maximum absolute atomic E-state index is 12.4. The molecule has 2 aromatic heterocycles. The zero-order chi connectivity index (χ0) is 16.8. The quantitative estimate of drug-likeness (QED) is 0.448. The van der Waals surface area contributed by atoms with Gasteiger partial charge in [-0.3, -0.25) is 0 Å². The van der Waals surface area contributed by atoms with Gasteiger partial charge in [0.2, 0.25) is 0 Å². The fourth-order valence-corrected chi connectivity index (χ4v) is 2.77. The van der Waals surface area contributed by atoms with Gasteiger partial charge in [-0.1, -0.05) is 0 Å². The normalized spacial score (nSPS) is 11.4. The van der Waals surface area contributed by atoms with E-state index in [1.165, 1.54) is 12.1 Å². The molecule has 0 atom stereocenters. The Balaban J connectivity index is 2.08. The molecule has 0 radical (unpaired) electrons. The Morgan fingerprint density at radius 2 is 1.92 bits per heavy atom. The van der Waals surface area contributed by atoms with Gasteiger partial charge in [-0.05, 0) is 37.3 Å². The topological polar surface area (TPSA) is 89.9 Å². The second kappa shape index (κ2) is 5.13. The molecule has 0 unspecified atom stereocenters. The van der Waals surface area contributed by atoms with Crippen molar-refractivity contribution in [2.45, 2.75) is 6.92 Å². The maximum atomic E-state index is 12.4. The van der Waals surface area contributed by atoms with Crippen molar-refractivity contribution in [2.24, 2.45) is 0 Å². The number of ether oxygens (including phenoxy) is 1. The number of carbonyl (C=O) groups excluding carboxylic acids is 1. The van der Waals surface area contributed by atoms with Crippen molar-refractivity contribution in [1.82, 2.24) is 0 Å². The average molecular weight is 324 g/mol. The molecular weight excluding hydrogens is 312 g/mol. The third-order valence-corrected chi connectivity index (χ3v) is 3.82. The largest absolute Gasteiger partial charge is 0.508 e. The molecule has 2 aromatic carbocycles. The number of furan rings is 1. The first kappa shape index (κ1) is 14.3. The smallest absolute Gasteiger partial charge is 0.348 e. The van der Waals surface area contributed by atoms with E-state index >= 15 is 0 Å². The monoisotopic (exact) mass is 324 g/mol. The van der Waals surface area contributed by atoms with Crippen molar-refractivity contribution in [1.29, 1.82) is 0 Å². The molecular formula is C18H12O6. The molecule has 120 valence electrons. The van der Waals surface area contributed by atoms with E-state index in [9.17, 15) is 14.7 Å². The molecule has 24 heavy (non-hydrogen) atoms. The summed E-state index contributed by atoms with van der Waals surface area (Å²) in [5.41, 5.74) is 0.792. The Morgan fingerprint density at radius 3 is 2.71 bits per heavy atom. The first-order valence-electron chi connectivity index (χ1n) is 7.37. The Labute approximate surface area is 134 Å². The fraction of sp³-hybridized carbons (Fsp3) is 0.111. The van der Waals surface area contributed by atoms with Crippen LogP contribution in [0.3, 0.4) is 0 Å². The first-order valence-corrected chi connectivity index (χ1v) is 7.37. The SMILES string of the molecule is CCOC(=O)c1ccc2oc3c4ccc(O)cc4oc(=O)c3c2c1. The minimum absolute atomic E-state index is 0.00860. The van der Waals surface area contributed by atoms with Gasteiger partial charge in [-0.25, -0.2) is 9.59 Å². The van der Waals surface area contributed by atoms with Gasteiger partial charge in [0.05, 0.1) is 17.6 Å². The van der Waals surface area contributed by atoms with Crippen LogP contribution in [-0.2, 0) is 4.74 Å². The summed E-state index contributed by atoms with van der Waals surface area (Å²) < 4.78 is 16.0.